The van der Waals surface area contributed by atoms with Crippen LogP contribution < -0.4 is 20.1 Å². The second-order valence-corrected chi connectivity index (χ2v) is 9.56. The number of carboxylic acids is 1. The molecule has 3 N–H and O–H groups in total. The summed E-state index contributed by atoms with van der Waals surface area (Å²) >= 11 is 3.36. The van der Waals surface area contributed by atoms with E-state index in [0.717, 1.165) is 0 Å². The number of ether oxygens (including phenoxy) is 2. The van der Waals surface area contributed by atoms with Crippen LogP contribution in [0.4, 0.5) is 20.6 Å². The van der Waals surface area contributed by atoms with Gasteiger partial charge in [0.25, 0.3) is 0 Å². The molecule has 2 aromatic carbocycles. The molecular weight excluding hydrogens is 575 g/mol. The third-order valence-corrected chi connectivity index (χ3v) is 6.73. The van der Waals surface area contributed by atoms with Crippen molar-refractivity contribution in [2.45, 2.75) is 25.2 Å². The van der Waals surface area contributed by atoms with Crippen molar-refractivity contribution in [1.82, 2.24) is 9.88 Å². The zero-order chi connectivity index (χ0) is 28.0. The molecule has 1 fully saturated rings. The molecule has 4 rings (SSSR count). The van der Waals surface area contributed by atoms with Crippen LogP contribution in [0.2, 0.25) is 0 Å². The van der Waals surface area contributed by atoms with E-state index in [1.54, 1.807) is 18.2 Å². The average Bonchev–Trinajstić information content (AvgIpc) is 3.47. The predicted molar refractivity (Wildman–Crippen MR) is 145 cm³/mol. The fourth-order valence-electron chi connectivity index (χ4n) is 4.06. The van der Waals surface area contributed by atoms with Gasteiger partial charge in [-0.3, -0.25) is 4.79 Å². The first kappa shape index (κ1) is 28.0. The van der Waals surface area contributed by atoms with E-state index in [9.17, 15) is 14.4 Å². The minimum absolute atomic E-state index is 0.00869. The van der Waals surface area contributed by atoms with Crippen LogP contribution in [0, 0.1) is 0 Å². The van der Waals surface area contributed by atoms with Crippen LogP contribution in [0.3, 0.4) is 0 Å². The summed E-state index contributed by atoms with van der Waals surface area (Å²) in [5, 5.41) is 14.4. The zero-order valence-electron chi connectivity index (χ0n) is 20.9. The molecule has 0 spiro atoms. The summed E-state index contributed by atoms with van der Waals surface area (Å²) in [5.74, 6) is -4.74. The number of Topliss-reactive ketones (excluding diaryl/α,β-unsaturated/α-hetero) is 1. The van der Waals surface area contributed by atoms with Crippen LogP contribution in [0.25, 0.3) is 0 Å². The molecule has 204 valence electrons. The molecule has 12 heteroatoms. The highest BCUT2D eigenvalue weighted by Gasteiger charge is 2.48. The van der Waals surface area contributed by atoms with Crippen LogP contribution in [0.1, 0.15) is 28.9 Å². The van der Waals surface area contributed by atoms with Gasteiger partial charge in [0.05, 0.1) is 30.5 Å². The number of alkyl halides is 1. The number of nitrogens with one attached hydrogen (secondary N) is 2. The maximum absolute atomic E-state index is 16.3. The molecule has 1 aromatic heterocycles. The number of amides is 2. The molecule has 10 nitrogen and oxygen atoms in total. The van der Waals surface area contributed by atoms with Crippen molar-refractivity contribution >= 4 is 45.1 Å². The van der Waals surface area contributed by atoms with Crippen molar-refractivity contribution in [2.24, 2.45) is 0 Å². The molecule has 2 amide bonds. The Morgan fingerprint density at radius 1 is 1.03 bits per heavy atom. The van der Waals surface area contributed by atoms with Gasteiger partial charge in [-0.2, -0.15) is 4.39 Å². The maximum atomic E-state index is 16.3. The van der Waals surface area contributed by atoms with Crippen LogP contribution in [0.15, 0.2) is 65.1 Å². The van der Waals surface area contributed by atoms with Crippen molar-refractivity contribution < 1.29 is 33.4 Å². The van der Waals surface area contributed by atoms with Crippen molar-refractivity contribution in [2.75, 3.05) is 30.8 Å². The Balaban J connectivity index is 1.50. The number of halogens is 2. The van der Waals surface area contributed by atoms with Gasteiger partial charge < -0.3 is 25.2 Å². The van der Waals surface area contributed by atoms with Gasteiger partial charge in [0.1, 0.15) is 11.4 Å². The van der Waals surface area contributed by atoms with Gasteiger partial charge in [0.2, 0.25) is 11.7 Å². The molecule has 1 aliphatic heterocycles. The lowest BCUT2D eigenvalue weighted by Gasteiger charge is -2.33. The van der Waals surface area contributed by atoms with E-state index >= 15 is 4.39 Å². The van der Waals surface area contributed by atoms with Crippen molar-refractivity contribution in [1.29, 1.82) is 0 Å². The van der Waals surface area contributed by atoms with E-state index in [0.29, 0.717) is 36.1 Å². The van der Waals surface area contributed by atoms with Gasteiger partial charge in [-0.15, -0.1) is 0 Å². The van der Waals surface area contributed by atoms with Gasteiger partial charge in [-0.05, 0) is 77.3 Å². The third kappa shape index (κ3) is 6.70. The molecule has 1 saturated heterocycles. The quantitative estimate of drug-likeness (QED) is 0.274. The summed E-state index contributed by atoms with van der Waals surface area (Å²) in [4.78, 5) is 42.5. The molecule has 1 unspecified atom stereocenters. The topological polar surface area (TPSA) is 130 Å². The summed E-state index contributed by atoms with van der Waals surface area (Å²) in [6.07, 6.45) is 0.989. The number of aromatic nitrogens is 1. The third-order valence-electron chi connectivity index (χ3n) is 6.03. The van der Waals surface area contributed by atoms with Gasteiger partial charge in [0.15, 0.2) is 0 Å². The highest BCUT2D eigenvalue weighted by atomic mass is 79.9. The Morgan fingerprint density at radius 2 is 1.69 bits per heavy atom. The summed E-state index contributed by atoms with van der Waals surface area (Å²) in [5.41, 5.74) is 1.02. The number of nitrogens with zero attached hydrogens (tertiary/aromatic N) is 2. The van der Waals surface area contributed by atoms with E-state index in [1.165, 1.54) is 48.4 Å². The number of rotatable bonds is 10. The number of hydrogen-bond acceptors (Lipinski definition) is 7. The molecule has 2 heterocycles. The number of likely N-dealkylation sites (tertiary alicyclic amines) is 1. The Kier molecular flexibility index (Phi) is 8.77. The predicted octanol–water partition coefficient (Wildman–Crippen LogP) is 5.10. The van der Waals surface area contributed by atoms with Gasteiger partial charge in [-0.1, -0.05) is 12.1 Å². The lowest BCUT2D eigenvalue weighted by Crippen LogP contribution is -2.55. The number of methoxy groups -OCH3 is 1. The van der Waals surface area contributed by atoms with Gasteiger partial charge in [-0.25, -0.2) is 19.5 Å². The first-order valence-electron chi connectivity index (χ1n) is 12.1. The number of pyridine rings is 1. The molecule has 0 bridgehead atoms. The van der Waals surface area contributed by atoms with Crippen LogP contribution >= 0.6 is 15.9 Å². The number of carboxylic acid groups (broad SMARTS) is 1. The summed E-state index contributed by atoms with van der Waals surface area (Å²) in [6.45, 7) is 0.642. The fourth-order valence-corrected chi connectivity index (χ4v) is 4.45. The fraction of sp³-hybridized carbons (Fsp3) is 0.259. The summed E-state index contributed by atoms with van der Waals surface area (Å²) in [6, 6.07) is 14.7. The number of benzene rings is 2. The standard InChI is InChI=1S/C27H26BrFN4O6/c1-38-24-22(32-26(37)31-21-7-3-2-6-20(21)28)13-10-18(30-24)16-23(34)27(29,33-14-4-5-15-33)39-19-11-8-17(9-12-19)25(35)36/h2-3,6-13H,4-5,14-16H2,1H3,(H,35,36)(H2,31,32,37). The number of hydrogen-bond donors (Lipinski definition) is 3. The van der Waals surface area contributed by atoms with Crippen molar-refractivity contribution in [3.05, 3.63) is 76.4 Å². The monoisotopic (exact) mass is 600 g/mol. The largest absolute Gasteiger partial charge is 0.480 e. The van der Waals surface area contributed by atoms with Crippen LogP contribution in [0.5, 0.6) is 11.6 Å². The number of carbonyl (C=O) groups excluding carboxylic acids is 2. The highest BCUT2D eigenvalue weighted by Crippen LogP contribution is 2.31. The number of aromatic carboxylic acids is 1. The number of anilines is 2. The molecule has 1 atom stereocenters. The molecule has 0 radical (unpaired) electrons. The van der Waals surface area contributed by atoms with E-state index < -0.39 is 30.2 Å². The highest BCUT2D eigenvalue weighted by molar-refractivity contribution is 9.10. The smallest absolute Gasteiger partial charge is 0.371 e. The minimum atomic E-state index is -2.78. The molecule has 0 saturated carbocycles. The molecule has 39 heavy (non-hydrogen) atoms. The Hall–Kier alpha value is -4.03. The Bertz CT molecular complexity index is 1370. The van der Waals surface area contributed by atoms with E-state index in [4.69, 9.17) is 14.6 Å². The summed E-state index contributed by atoms with van der Waals surface area (Å²) in [7, 11) is 1.36. The van der Waals surface area contributed by atoms with Gasteiger partial charge >= 0.3 is 18.0 Å². The van der Waals surface area contributed by atoms with Gasteiger partial charge in [0, 0.05) is 17.6 Å². The van der Waals surface area contributed by atoms with Crippen LogP contribution in [-0.2, 0) is 11.2 Å². The average molecular weight is 601 g/mol. The van der Waals surface area contributed by atoms with Crippen molar-refractivity contribution in [3.8, 4) is 11.6 Å². The Labute approximate surface area is 232 Å². The lowest BCUT2D eigenvalue weighted by molar-refractivity contribution is -0.191. The lowest BCUT2D eigenvalue weighted by atomic mass is 10.1. The molecular formula is C27H26BrFN4O6. The van der Waals surface area contributed by atoms with E-state index in [-0.39, 0.29) is 28.6 Å². The number of ketones is 1. The van der Waals surface area contributed by atoms with Crippen LogP contribution in [-0.4, -0.2) is 59.0 Å². The SMILES string of the molecule is COc1nc(CC(=O)C(F)(Oc2ccc(C(=O)O)cc2)N2CCCC2)ccc1NC(=O)Nc1ccccc1Br. The molecule has 3 aromatic rings. The summed E-state index contributed by atoms with van der Waals surface area (Å²) < 4.78 is 27.8. The zero-order valence-corrected chi connectivity index (χ0v) is 22.5. The first-order valence-corrected chi connectivity index (χ1v) is 12.8. The Morgan fingerprint density at radius 3 is 2.33 bits per heavy atom. The molecule has 1 aliphatic rings. The molecule has 0 aliphatic carbocycles. The maximum Gasteiger partial charge on any atom is 0.371 e. The number of carbonyl (C=O) groups is 3. The first-order chi connectivity index (χ1) is 18.7. The number of para-hydroxylation sites is 1. The number of urea groups is 1. The van der Waals surface area contributed by atoms with E-state index in [1.807, 2.05) is 6.07 Å². The second kappa shape index (κ2) is 12.2. The van der Waals surface area contributed by atoms with Crippen molar-refractivity contribution in [3.63, 3.8) is 0 Å². The normalized spacial score (nSPS) is 14.7. The van der Waals surface area contributed by atoms with E-state index in [2.05, 4.69) is 31.5 Å². The minimum Gasteiger partial charge on any atom is -0.480 e. The second-order valence-electron chi connectivity index (χ2n) is 8.71.